The quantitative estimate of drug-likeness (QED) is 0.166. The number of aromatic nitrogens is 6. The second kappa shape index (κ2) is 23.8. The molecule has 0 saturated heterocycles. The van der Waals surface area contributed by atoms with Gasteiger partial charge in [0.15, 0.2) is 23.3 Å². The van der Waals surface area contributed by atoms with E-state index in [1.54, 1.807) is 0 Å². The van der Waals surface area contributed by atoms with Crippen LogP contribution >= 0.6 is 11.6 Å². The van der Waals surface area contributed by atoms with E-state index in [4.69, 9.17) is 35.4 Å². The van der Waals surface area contributed by atoms with Crippen LogP contribution in [-0.4, -0.2) is 29.9 Å². The first-order chi connectivity index (χ1) is 46.0. The Morgan fingerprint density at radius 1 is 0.295 bits per heavy atom. The van der Waals surface area contributed by atoms with Gasteiger partial charge in [0, 0.05) is 60.1 Å². The Kier molecular flexibility index (Phi) is 14.5. The van der Waals surface area contributed by atoms with Crippen molar-refractivity contribution < 1.29 is 8.83 Å². The number of rotatable bonds is 5. The van der Waals surface area contributed by atoms with Gasteiger partial charge in [0.1, 0.15) is 22.3 Å². The van der Waals surface area contributed by atoms with Gasteiger partial charge in [0.25, 0.3) is 0 Å². The van der Waals surface area contributed by atoms with Gasteiger partial charge in [-0.15, -0.1) is 0 Å². The lowest BCUT2D eigenvalue weighted by Crippen LogP contribution is -2.19. The van der Waals surface area contributed by atoms with Crippen molar-refractivity contribution in [2.45, 2.75) is 21.3 Å². The minimum absolute atomic E-state index is 0. The second-order valence-corrected chi connectivity index (χ2v) is 23.7. The molecule has 10 heteroatoms. The normalized spacial score (nSPS) is 11.8. The molecule has 1 aliphatic carbocycles. The van der Waals surface area contributed by atoms with Crippen molar-refractivity contribution in [3.8, 4) is 67.8 Å². The maximum atomic E-state index is 6.27. The molecular weight excluding hydrogens is 1190 g/mol. The summed E-state index contributed by atoms with van der Waals surface area (Å²) in [5, 5.41) is 14.3. The number of hydrogen-bond donors (Lipinski definition) is 0. The zero-order valence-electron chi connectivity index (χ0n) is 49.7. The van der Waals surface area contributed by atoms with Crippen molar-refractivity contribution in [3.63, 3.8) is 0 Å². The Hall–Kier alpha value is -12.2. The smallest absolute Gasteiger partial charge is 0.238 e. The molecule has 9 nitrogen and oxygen atoms in total. The highest BCUT2D eigenvalue weighted by molar-refractivity contribution is 6.28. The maximum absolute atomic E-state index is 6.27. The molecule has 0 amide bonds. The summed E-state index contributed by atoms with van der Waals surface area (Å²) < 4.78 is 12.2. The van der Waals surface area contributed by atoms with Crippen molar-refractivity contribution in [1.29, 1.82) is 0 Å². The van der Waals surface area contributed by atoms with Crippen molar-refractivity contribution in [2.75, 3.05) is 4.90 Å². The molecule has 0 radical (unpaired) electrons. The highest BCUT2D eigenvalue weighted by Gasteiger charge is 2.31. The van der Waals surface area contributed by atoms with E-state index < -0.39 is 0 Å². The summed E-state index contributed by atoms with van der Waals surface area (Å²) in [5.41, 5.74) is 17.0. The van der Waals surface area contributed by atoms with Crippen LogP contribution in [0.2, 0.25) is 5.28 Å². The summed E-state index contributed by atoms with van der Waals surface area (Å²) in [4.78, 5) is 31.2. The number of halogens is 1. The van der Waals surface area contributed by atoms with E-state index in [2.05, 4.69) is 178 Å². The number of para-hydroxylation sites is 2. The Morgan fingerprint density at radius 2 is 0.726 bits per heavy atom. The molecule has 2 aliphatic rings. The Labute approximate surface area is 552 Å². The van der Waals surface area contributed by atoms with Gasteiger partial charge in [-0.05, 0) is 108 Å². The lowest BCUT2D eigenvalue weighted by atomic mass is 9.81. The van der Waals surface area contributed by atoms with Gasteiger partial charge < -0.3 is 8.83 Å². The number of anilines is 3. The second-order valence-electron chi connectivity index (χ2n) is 23.3. The van der Waals surface area contributed by atoms with Crippen LogP contribution < -0.4 is 4.90 Å². The molecule has 0 atom stereocenters. The fraction of sp³-hybridized carbons (Fsp3) is 0.0353. The van der Waals surface area contributed by atoms with E-state index in [0.717, 1.165) is 100 Å². The third-order valence-corrected chi connectivity index (χ3v) is 18.2. The standard InChI is InChI=1S/C41H24N4O.C21H12ClN3O.C21H14.2CH4/c1-2-12-27(13-3-1)39-42-40(32-19-10-22-35-37(32)31-17-6-7-21-34(31)46-35)44-41(43-39)45-33-20-9-15-26-14-8-18-29(36(26)33)30-24-23-25-11-4-5-16-28(25)38(30)45;22-21-24-19(13-7-2-1-3-8-13)23-20(25-21)15-10-6-12-17-18(15)14-9-4-5-11-16(14)26-17;1-2-9-17-14(5-1)11-12-18-19-10-4-7-15-6-3-8-16(21(15)19)13-20(17)18;;/h1-24H;1-12H;1-12H,13H2;2*1H4. The van der Waals surface area contributed by atoms with Crippen LogP contribution in [0.1, 0.15) is 26.0 Å². The van der Waals surface area contributed by atoms with E-state index in [-0.39, 0.29) is 20.1 Å². The summed E-state index contributed by atoms with van der Waals surface area (Å²) in [7, 11) is 0. The Morgan fingerprint density at radius 3 is 1.36 bits per heavy atom. The van der Waals surface area contributed by atoms with E-state index in [1.165, 1.54) is 60.1 Å². The zero-order chi connectivity index (χ0) is 61.5. The monoisotopic (exact) mass is 1240 g/mol. The fourth-order valence-corrected chi connectivity index (χ4v) is 14.1. The molecule has 4 aromatic heterocycles. The van der Waals surface area contributed by atoms with Crippen LogP contribution in [0.5, 0.6) is 0 Å². The first kappa shape index (κ1) is 58.0. The van der Waals surface area contributed by atoms with Crippen molar-refractivity contribution in [3.05, 3.63) is 308 Å². The van der Waals surface area contributed by atoms with Crippen molar-refractivity contribution in [1.82, 2.24) is 29.9 Å². The molecule has 14 aromatic carbocycles. The highest BCUT2D eigenvalue weighted by atomic mass is 35.5. The first-order valence-electron chi connectivity index (χ1n) is 31.0. The van der Waals surface area contributed by atoms with Gasteiger partial charge in [-0.25, -0.2) is 9.97 Å². The highest BCUT2D eigenvalue weighted by Crippen LogP contribution is 2.53. The van der Waals surface area contributed by atoms with E-state index in [1.807, 2.05) is 133 Å². The first-order valence-corrected chi connectivity index (χ1v) is 31.4. The maximum Gasteiger partial charge on any atom is 0.238 e. The van der Waals surface area contributed by atoms with Gasteiger partial charge in [-0.2, -0.15) is 19.9 Å². The molecule has 1 aliphatic heterocycles. The van der Waals surface area contributed by atoms with Crippen molar-refractivity contribution in [2.24, 2.45) is 0 Å². The number of furan rings is 2. The van der Waals surface area contributed by atoms with Gasteiger partial charge in [0.2, 0.25) is 11.2 Å². The molecular formula is C85H58ClN7O2. The molecule has 0 saturated carbocycles. The minimum Gasteiger partial charge on any atom is -0.456 e. The number of fused-ring (bicyclic) bond motifs is 14. The largest absolute Gasteiger partial charge is 0.456 e. The molecule has 18 aromatic rings. The molecule has 0 bridgehead atoms. The average Bonchev–Trinajstić information content (AvgIpc) is 1.47. The van der Waals surface area contributed by atoms with Crippen molar-refractivity contribution >= 4 is 116 Å². The molecule has 452 valence electrons. The van der Waals surface area contributed by atoms with Gasteiger partial charge in [0.05, 0.1) is 11.4 Å². The van der Waals surface area contributed by atoms with Crippen LogP contribution in [0.15, 0.2) is 300 Å². The van der Waals surface area contributed by atoms with Gasteiger partial charge in [-0.3, -0.25) is 4.90 Å². The molecule has 0 spiro atoms. The zero-order valence-corrected chi connectivity index (χ0v) is 50.5. The summed E-state index contributed by atoms with van der Waals surface area (Å²) in [6.45, 7) is 0. The molecule has 0 N–H and O–H groups in total. The van der Waals surface area contributed by atoms with Gasteiger partial charge >= 0.3 is 0 Å². The predicted octanol–water partition coefficient (Wildman–Crippen LogP) is 23.5. The van der Waals surface area contributed by atoms with E-state index in [9.17, 15) is 0 Å². The lowest BCUT2D eigenvalue weighted by Gasteiger charge is -2.33. The van der Waals surface area contributed by atoms with Crippen LogP contribution in [0.3, 0.4) is 0 Å². The number of benzene rings is 14. The average molecular weight is 1240 g/mol. The van der Waals surface area contributed by atoms with Crippen LogP contribution in [0, 0.1) is 0 Å². The molecule has 20 rings (SSSR count). The predicted molar refractivity (Wildman–Crippen MR) is 393 cm³/mol. The summed E-state index contributed by atoms with van der Waals surface area (Å²) in [6, 6.07) is 100. The summed E-state index contributed by atoms with van der Waals surface area (Å²) in [5.74, 6) is 2.84. The summed E-state index contributed by atoms with van der Waals surface area (Å²) in [6.07, 6.45) is 1.03. The fourth-order valence-electron chi connectivity index (χ4n) is 13.9. The third-order valence-electron chi connectivity index (χ3n) is 18.0. The Balaban J connectivity index is 0.000000123. The van der Waals surface area contributed by atoms with Crippen LogP contribution in [0.25, 0.3) is 155 Å². The molecule has 0 unspecified atom stereocenters. The lowest BCUT2D eigenvalue weighted by molar-refractivity contribution is 0.668. The minimum atomic E-state index is 0. The van der Waals surface area contributed by atoms with Gasteiger partial charge in [-0.1, -0.05) is 276 Å². The van der Waals surface area contributed by atoms with E-state index in [0.29, 0.717) is 29.2 Å². The number of hydrogen-bond acceptors (Lipinski definition) is 9. The van der Waals surface area contributed by atoms with Crippen LogP contribution in [0.4, 0.5) is 17.3 Å². The SMILES string of the molecule is C.C.Clc1nc(-c2ccccc2)nc(-c2cccc3oc4ccccc4c23)n1.c1ccc(-c2nc(-c3cccc4oc5ccccc5c34)nc(N3c4c(ccc5ccccc45)-c4cccc5cccc3c45)n2)cc1.c1ccc2c3c(ccc2c1)-c1cccc2cccc(c12)C3. The molecule has 95 heavy (non-hydrogen) atoms. The Bertz CT molecular complexity index is 6020. The van der Waals surface area contributed by atoms with Crippen LogP contribution in [-0.2, 0) is 6.42 Å². The summed E-state index contributed by atoms with van der Waals surface area (Å²) >= 11 is 6.21. The number of nitrogens with zero attached hydrogens (tertiary/aromatic N) is 7. The molecule has 5 heterocycles. The third kappa shape index (κ3) is 9.87. The topological polar surface area (TPSA) is 107 Å². The molecule has 0 fully saturated rings. The van der Waals surface area contributed by atoms with E-state index >= 15 is 0 Å².